The molecule has 5 nitrogen and oxygen atoms in total. The molecule has 1 saturated heterocycles. The minimum Gasteiger partial charge on any atom is -0.481 e. The maximum absolute atomic E-state index is 13.7. The van der Waals surface area contributed by atoms with Crippen LogP contribution in [0, 0.1) is 5.82 Å². The Morgan fingerprint density at radius 2 is 1.88 bits per heavy atom. The Balaban J connectivity index is 1.49. The van der Waals surface area contributed by atoms with Crippen LogP contribution in [0.25, 0.3) is 0 Å². The molecule has 0 radical (unpaired) electrons. The second kappa shape index (κ2) is 7.97. The Kier molecular flexibility index (Phi) is 5.70. The molecule has 2 aromatic rings. The first-order chi connectivity index (χ1) is 12.0. The standard InChI is InChI=1S/C17H16BrFN2O3S/c18-12-3-4-14(13(19)10-12)24-11-16(22)20-5-7-21(8-6-20)17(23)15-2-1-9-25-15/h1-4,9-10H,5-8,11H2. The lowest BCUT2D eigenvalue weighted by Crippen LogP contribution is -2.51. The summed E-state index contributed by atoms with van der Waals surface area (Å²) in [5.41, 5.74) is 0. The molecule has 1 aromatic carbocycles. The predicted molar refractivity (Wildman–Crippen MR) is 96.4 cm³/mol. The second-order valence-electron chi connectivity index (χ2n) is 5.51. The van der Waals surface area contributed by atoms with Gasteiger partial charge in [-0.15, -0.1) is 11.3 Å². The van der Waals surface area contributed by atoms with Gasteiger partial charge in [0.15, 0.2) is 18.2 Å². The molecule has 2 heterocycles. The molecule has 132 valence electrons. The number of hydrogen-bond donors (Lipinski definition) is 0. The highest BCUT2D eigenvalue weighted by molar-refractivity contribution is 9.10. The molecular formula is C17H16BrFN2O3S. The number of ether oxygens (including phenoxy) is 1. The van der Waals surface area contributed by atoms with Crippen LogP contribution in [0.4, 0.5) is 4.39 Å². The fourth-order valence-corrected chi connectivity index (χ4v) is 3.56. The summed E-state index contributed by atoms with van der Waals surface area (Å²) in [5, 5.41) is 1.87. The number of hydrogen-bond acceptors (Lipinski definition) is 4. The van der Waals surface area contributed by atoms with Crippen LogP contribution in [0.3, 0.4) is 0 Å². The van der Waals surface area contributed by atoms with E-state index in [2.05, 4.69) is 15.9 Å². The molecule has 0 bridgehead atoms. The molecule has 1 aliphatic heterocycles. The Morgan fingerprint density at radius 1 is 1.16 bits per heavy atom. The number of amides is 2. The molecule has 0 atom stereocenters. The van der Waals surface area contributed by atoms with Crippen LogP contribution < -0.4 is 4.74 Å². The van der Waals surface area contributed by atoms with Crippen LogP contribution in [0.5, 0.6) is 5.75 Å². The first kappa shape index (κ1) is 17.9. The van der Waals surface area contributed by atoms with Crippen LogP contribution in [-0.4, -0.2) is 54.4 Å². The maximum atomic E-state index is 13.7. The molecule has 0 saturated carbocycles. The zero-order valence-electron chi connectivity index (χ0n) is 13.3. The van der Waals surface area contributed by atoms with Gasteiger partial charge < -0.3 is 14.5 Å². The van der Waals surface area contributed by atoms with E-state index in [4.69, 9.17) is 4.74 Å². The van der Waals surface area contributed by atoms with Crippen LogP contribution in [-0.2, 0) is 4.79 Å². The molecule has 0 N–H and O–H groups in total. The third-order valence-electron chi connectivity index (χ3n) is 3.90. The van der Waals surface area contributed by atoms with Gasteiger partial charge in [0.25, 0.3) is 11.8 Å². The van der Waals surface area contributed by atoms with Gasteiger partial charge in [-0.25, -0.2) is 4.39 Å². The lowest BCUT2D eigenvalue weighted by Gasteiger charge is -2.34. The van der Waals surface area contributed by atoms with Gasteiger partial charge in [-0.1, -0.05) is 22.0 Å². The molecule has 0 aliphatic carbocycles. The number of carbonyl (C=O) groups is 2. The van der Waals surface area contributed by atoms with Gasteiger partial charge in [-0.2, -0.15) is 0 Å². The molecular weight excluding hydrogens is 411 g/mol. The molecule has 3 rings (SSSR count). The highest BCUT2D eigenvalue weighted by Crippen LogP contribution is 2.21. The fourth-order valence-electron chi connectivity index (χ4n) is 2.54. The molecule has 8 heteroatoms. The average Bonchev–Trinajstić information content (AvgIpc) is 3.15. The van der Waals surface area contributed by atoms with Crippen LogP contribution in [0.15, 0.2) is 40.2 Å². The Labute approximate surface area is 157 Å². The van der Waals surface area contributed by atoms with Crippen molar-refractivity contribution in [3.8, 4) is 5.75 Å². The molecule has 0 spiro atoms. The minimum atomic E-state index is -0.520. The second-order valence-corrected chi connectivity index (χ2v) is 7.38. The van der Waals surface area contributed by atoms with Crippen molar-refractivity contribution in [1.82, 2.24) is 9.80 Å². The normalized spacial score (nSPS) is 14.5. The first-order valence-electron chi connectivity index (χ1n) is 7.73. The highest BCUT2D eigenvalue weighted by Gasteiger charge is 2.25. The van der Waals surface area contributed by atoms with Gasteiger partial charge in [0, 0.05) is 30.7 Å². The minimum absolute atomic E-state index is 0.00437. The summed E-state index contributed by atoms with van der Waals surface area (Å²) in [6.45, 7) is 1.63. The van der Waals surface area contributed by atoms with Crippen molar-refractivity contribution in [3.05, 3.63) is 50.9 Å². The van der Waals surface area contributed by atoms with Crippen molar-refractivity contribution in [2.75, 3.05) is 32.8 Å². The number of rotatable bonds is 4. The summed E-state index contributed by atoms with van der Waals surface area (Å²) in [6.07, 6.45) is 0. The van der Waals surface area contributed by atoms with E-state index in [0.717, 1.165) is 0 Å². The number of nitrogens with zero attached hydrogens (tertiary/aromatic N) is 2. The van der Waals surface area contributed by atoms with Crippen molar-refractivity contribution in [2.24, 2.45) is 0 Å². The van der Waals surface area contributed by atoms with Gasteiger partial charge in [0.1, 0.15) is 0 Å². The topological polar surface area (TPSA) is 49.9 Å². The van der Waals surface area contributed by atoms with Gasteiger partial charge in [0.05, 0.1) is 4.88 Å². The molecule has 2 amide bonds. The van der Waals surface area contributed by atoms with Crippen LogP contribution in [0.2, 0.25) is 0 Å². The SMILES string of the molecule is O=C(COc1ccc(Br)cc1F)N1CCN(C(=O)c2cccs2)CC1. The van der Waals surface area contributed by atoms with Crippen LogP contribution in [0.1, 0.15) is 9.67 Å². The van der Waals surface area contributed by atoms with E-state index in [-0.39, 0.29) is 24.2 Å². The van der Waals surface area contributed by atoms with E-state index in [1.165, 1.54) is 23.5 Å². The molecule has 1 aromatic heterocycles. The van der Waals surface area contributed by atoms with E-state index < -0.39 is 5.82 Å². The monoisotopic (exact) mass is 426 g/mol. The van der Waals surface area contributed by atoms with Crippen molar-refractivity contribution >= 4 is 39.1 Å². The Bertz CT molecular complexity index is 761. The fraction of sp³-hybridized carbons (Fsp3) is 0.294. The third kappa shape index (κ3) is 4.38. The molecule has 0 unspecified atom stereocenters. The lowest BCUT2D eigenvalue weighted by molar-refractivity contribution is -0.134. The Hall–Kier alpha value is -1.93. The van der Waals surface area contributed by atoms with Crippen molar-refractivity contribution in [2.45, 2.75) is 0 Å². The summed E-state index contributed by atoms with van der Waals surface area (Å²) in [5.74, 6) is -0.697. The molecule has 1 aliphatic rings. The van der Waals surface area contributed by atoms with E-state index >= 15 is 0 Å². The van der Waals surface area contributed by atoms with E-state index in [1.807, 2.05) is 11.4 Å². The summed E-state index contributed by atoms with van der Waals surface area (Å²) < 4.78 is 19.6. The largest absolute Gasteiger partial charge is 0.481 e. The zero-order valence-corrected chi connectivity index (χ0v) is 15.7. The predicted octanol–water partition coefficient (Wildman–Crippen LogP) is 3.01. The summed E-state index contributed by atoms with van der Waals surface area (Å²) >= 11 is 4.58. The molecule has 25 heavy (non-hydrogen) atoms. The summed E-state index contributed by atoms with van der Waals surface area (Å²) in [7, 11) is 0. The summed E-state index contributed by atoms with van der Waals surface area (Å²) in [4.78, 5) is 28.6. The number of halogens is 2. The van der Waals surface area contributed by atoms with Gasteiger partial charge in [0.2, 0.25) is 0 Å². The number of piperazine rings is 1. The van der Waals surface area contributed by atoms with Gasteiger partial charge in [-0.05, 0) is 29.6 Å². The summed E-state index contributed by atoms with van der Waals surface area (Å²) in [6, 6.07) is 8.05. The maximum Gasteiger partial charge on any atom is 0.264 e. The van der Waals surface area contributed by atoms with Crippen LogP contribution >= 0.6 is 27.3 Å². The smallest absolute Gasteiger partial charge is 0.264 e. The number of thiophene rings is 1. The van der Waals surface area contributed by atoms with Gasteiger partial charge >= 0.3 is 0 Å². The number of benzene rings is 1. The quantitative estimate of drug-likeness (QED) is 0.754. The van der Waals surface area contributed by atoms with Crippen molar-refractivity contribution < 1.29 is 18.7 Å². The third-order valence-corrected chi connectivity index (χ3v) is 5.25. The average molecular weight is 427 g/mol. The van der Waals surface area contributed by atoms with Gasteiger partial charge in [-0.3, -0.25) is 9.59 Å². The molecule has 1 fully saturated rings. The van der Waals surface area contributed by atoms with Crippen molar-refractivity contribution in [1.29, 1.82) is 0 Å². The van der Waals surface area contributed by atoms with E-state index in [0.29, 0.717) is 35.5 Å². The van der Waals surface area contributed by atoms with E-state index in [9.17, 15) is 14.0 Å². The highest BCUT2D eigenvalue weighted by atomic mass is 79.9. The first-order valence-corrected chi connectivity index (χ1v) is 9.40. The lowest BCUT2D eigenvalue weighted by atomic mass is 10.3. The van der Waals surface area contributed by atoms with Crippen molar-refractivity contribution in [3.63, 3.8) is 0 Å². The van der Waals surface area contributed by atoms with E-state index in [1.54, 1.807) is 21.9 Å². The zero-order chi connectivity index (χ0) is 17.8. The number of carbonyl (C=O) groups excluding carboxylic acids is 2. The Morgan fingerprint density at radius 3 is 2.52 bits per heavy atom.